The molecular weight excluding hydrogens is 254 g/mol. The van der Waals surface area contributed by atoms with Gasteiger partial charge in [0.05, 0.1) is 5.60 Å². The molecule has 0 atom stereocenters. The van der Waals surface area contributed by atoms with E-state index in [0.29, 0.717) is 0 Å². The molecule has 0 unspecified atom stereocenters. The number of hydrogen-bond donors (Lipinski definition) is 3. The lowest BCUT2D eigenvalue weighted by atomic mass is 9.79. The lowest BCUT2D eigenvalue weighted by Gasteiger charge is -2.46. The molecule has 0 aromatic carbocycles. The Balaban J connectivity index is 1.81. The molecule has 0 spiro atoms. The third-order valence-electron chi connectivity index (χ3n) is 4.10. The van der Waals surface area contributed by atoms with E-state index in [0.717, 1.165) is 25.9 Å². The second-order valence-corrected chi connectivity index (χ2v) is 7.91. The second kappa shape index (κ2) is 5.28. The first-order valence-electron chi connectivity index (χ1n) is 7.53. The van der Waals surface area contributed by atoms with Crippen LogP contribution >= 0.6 is 0 Å². The van der Waals surface area contributed by atoms with Crippen LogP contribution in [-0.2, 0) is 9.53 Å². The number of amides is 1. The summed E-state index contributed by atoms with van der Waals surface area (Å²) >= 11 is 0. The van der Waals surface area contributed by atoms with Crippen molar-refractivity contribution in [1.29, 1.82) is 0 Å². The van der Waals surface area contributed by atoms with E-state index in [1.165, 1.54) is 0 Å². The Morgan fingerprint density at radius 1 is 1.15 bits per heavy atom. The smallest absolute Gasteiger partial charge is 0.246 e. The molecule has 2 aliphatic rings. The molecule has 3 N–H and O–H groups in total. The van der Waals surface area contributed by atoms with Crippen molar-refractivity contribution < 1.29 is 9.53 Å². The molecule has 2 aliphatic heterocycles. The minimum atomic E-state index is -0.163. The number of ether oxygens (including phenoxy) is 1. The van der Waals surface area contributed by atoms with Gasteiger partial charge in [0.25, 0.3) is 0 Å². The molecule has 2 rings (SSSR count). The molecule has 0 aromatic heterocycles. The minimum Gasteiger partial charge on any atom is -0.363 e. The van der Waals surface area contributed by atoms with Crippen molar-refractivity contribution in [3.05, 3.63) is 0 Å². The first kappa shape index (κ1) is 15.7. The summed E-state index contributed by atoms with van der Waals surface area (Å²) in [4.78, 5) is 12.0. The van der Waals surface area contributed by atoms with Gasteiger partial charge in [0.1, 0.15) is 6.61 Å². The van der Waals surface area contributed by atoms with Crippen LogP contribution in [0.15, 0.2) is 0 Å². The number of nitrogens with one attached hydrogen (secondary N) is 3. The Morgan fingerprint density at radius 2 is 1.70 bits per heavy atom. The SMILES string of the molecule is CC1(C)CC(NC(=O)COC2(C)CNC2)CC(C)(C)N1. The highest BCUT2D eigenvalue weighted by Crippen LogP contribution is 2.28. The van der Waals surface area contributed by atoms with Crippen molar-refractivity contribution in [3.63, 3.8) is 0 Å². The lowest BCUT2D eigenvalue weighted by Crippen LogP contribution is -2.63. The average Bonchev–Trinajstić information content (AvgIpc) is 2.19. The van der Waals surface area contributed by atoms with Gasteiger partial charge < -0.3 is 20.7 Å². The lowest BCUT2D eigenvalue weighted by molar-refractivity contribution is -0.137. The molecule has 0 aliphatic carbocycles. The monoisotopic (exact) mass is 283 g/mol. The van der Waals surface area contributed by atoms with Gasteiger partial charge in [-0.25, -0.2) is 0 Å². The molecule has 0 saturated carbocycles. The molecule has 20 heavy (non-hydrogen) atoms. The molecule has 2 fully saturated rings. The van der Waals surface area contributed by atoms with Crippen molar-refractivity contribution in [1.82, 2.24) is 16.0 Å². The van der Waals surface area contributed by atoms with Gasteiger partial charge in [0.15, 0.2) is 0 Å². The van der Waals surface area contributed by atoms with Gasteiger partial charge in [-0.05, 0) is 47.5 Å². The Labute approximate surface area is 122 Å². The highest BCUT2D eigenvalue weighted by molar-refractivity contribution is 5.77. The van der Waals surface area contributed by atoms with Crippen LogP contribution in [0, 0.1) is 0 Å². The third-order valence-corrected chi connectivity index (χ3v) is 4.10. The fourth-order valence-electron chi connectivity index (χ4n) is 3.51. The van der Waals surface area contributed by atoms with Crippen LogP contribution in [0.25, 0.3) is 0 Å². The number of hydrogen-bond acceptors (Lipinski definition) is 4. The number of rotatable bonds is 4. The summed E-state index contributed by atoms with van der Waals surface area (Å²) in [6.07, 6.45) is 1.89. The zero-order chi connectivity index (χ0) is 15.0. The molecule has 0 radical (unpaired) electrons. The van der Waals surface area contributed by atoms with Gasteiger partial charge in [-0.2, -0.15) is 0 Å². The Kier molecular flexibility index (Phi) is 4.15. The quantitative estimate of drug-likeness (QED) is 0.714. The minimum absolute atomic E-state index is 0.00313. The van der Waals surface area contributed by atoms with Crippen LogP contribution < -0.4 is 16.0 Å². The van der Waals surface area contributed by atoms with E-state index in [1.807, 2.05) is 6.92 Å². The van der Waals surface area contributed by atoms with Gasteiger partial charge in [0, 0.05) is 30.2 Å². The summed E-state index contributed by atoms with van der Waals surface area (Å²) < 4.78 is 5.68. The van der Waals surface area contributed by atoms with E-state index < -0.39 is 0 Å². The molecule has 5 nitrogen and oxygen atoms in total. The third kappa shape index (κ3) is 4.17. The predicted octanol–water partition coefficient (Wildman–Crippen LogP) is 0.790. The molecule has 2 saturated heterocycles. The molecule has 1 amide bonds. The number of carbonyl (C=O) groups excluding carboxylic acids is 1. The van der Waals surface area contributed by atoms with Crippen molar-refractivity contribution in [3.8, 4) is 0 Å². The van der Waals surface area contributed by atoms with E-state index in [-0.39, 0.29) is 35.2 Å². The summed E-state index contributed by atoms with van der Waals surface area (Å²) in [7, 11) is 0. The van der Waals surface area contributed by atoms with Crippen LogP contribution in [0.2, 0.25) is 0 Å². The van der Waals surface area contributed by atoms with E-state index in [1.54, 1.807) is 0 Å². The van der Waals surface area contributed by atoms with Crippen LogP contribution in [-0.4, -0.2) is 48.3 Å². The number of carbonyl (C=O) groups is 1. The summed E-state index contributed by atoms with van der Waals surface area (Å²) in [6.45, 7) is 12.6. The fraction of sp³-hybridized carbons (Fsp3) is 0.933. The zero-order valence-corrected chi connectivity index (χ0v) is 13.4. The standard InChI is InChI=1S/C15H29N3O2/c1-13(2)6-11(7-14(3,4)18-13)17-12(19)8-20-15(5)9-16-10-15/h11,16,18H,6-10H2,1-5H3,(H,17,19). The molecular formula is C15H29N3O2. The highest BCUT2D eigenvalue weighted by Gasteiger charge is 2.38. The summed E-state index contributed by atoms with van der Waals surface area (Å²) in [6, 6.07) is 0.213. The predicted molar refractivity (Wildman–Crippen MR) is 79.7 cm³/mol. The van der Waals surface area contributed by atoms with Gasteiger partial charge in [-0.3, -0.25) is 4.79 Å². The van der Waals surface area contributed by atoms with Crippen LogP contribution in [0.3, 0.4) is 0 Å². The first-order valence-corrected chi connectivity index (χ1v) is 7.53. The van der Waals surface area contributed by atoms with Crippen LogP contribution in [0.1, 0.15) is 47.5 Å². The molecule has 5 heteroatoms. The van der Waals surface area contributed by atoms with Crippen molar-refractivity contribution >= 4 is 5.91 Å². The molecule has 0 bridgehead atoms. The zero-order valence-electron chi connectivity index (χ0n) is 13.4. The first-order chi connectivity index (χ1) is 9.09. The molecule has 116 valence electrons. The Hall–Kier alpha value is -0.650. The maximum Gasteiger partial charge on any atom is 0.246 e. The Morgan fingerprint density at radius 3 is 2.15 bits per heavy atom. The molecule has 2 heterocycles. The second-order valence-electron chi connectivity index (χ2n) is 7.91. The highest BCUT2D eigenvalue weighted by atomic mass is 16.5. The van der Waals surface area contributed by atoms with Gasteiger partial charge in [0.2, 0.25) is 5.91 Å². The van der Waals surface area contributed by atoms with Crippen molar-refractivity contribution in [2.75, 3.05) is 19.7 Å². The summed E-state index contributed by atoms with van der Waals surface area (Å²) in [5.41, 5.74) is -0.0706. The largest absolute Gasteiger partial charge is 0.363 e. The van der Waals surface area contributed by atoms with Gasteiger partial charge >= 0.3 is 0 Å². The summed E-state index contributed by atoms with van der Waals surface area (Å²) in [5, 5.41) is 9.91. The van der Waals surface area contributed by atoms with Gasteiger partial charge in [-0.1, -0.05) is 0 Å². The van der Waals surface area contributed by atoms with Crippen LogP contribution in [0.5, 0.6) is 0 Å². The van der Waals surface area contributed by atoms with E-state index >= 15 is 0 Å². The summed E-state index contributed by atoms with van der Waals surface area (Å²) in [5.74, 6) is -0.00313. The van der Waals surface area contributed by atoms with Crippen molar-refractivity contribution in [2.45, 2.75) is 70.2 Å². The maximum atomic E-state index is 12.0. The van der Waals surface area contributed by atoms with E-state index in [2.05, 4.69) is 43.6 Å². The van der Waals surface area contributed by atoms with Crippen LogP contribution in [0.4, 0.5) is 0 Å². The Bertz CT molecular complexity index is 359. The van der Waals surface area contributed by atoms with Crippen molar-refractivity contribution in [2.24, 2.45) is 0 Å². The molecule has 0 aromatic rings. The topological polar surface area (TPSA) is 62.4 Å². The van der Waals surface area contributed by atoms with E-state index in [9.17, 15) is 4.79 Å². The van der Waals surface area contributed by atoms with E-state index in [4.69, 9.17) is 4.74 Å². The normalized spacial score (nSPS) is 27.6. The maximum absolute atomic E-state index is 12.0. The van der Waals surface area contributed by atoms with Gasteiger partial charge in [-0.15, -0.1) is 0 Å². The average molecular weight is 283 g/mol. The fourth-order valence-corrected chi connectivity index (χ4v) is 3.51. The number of piperidine rings is 1.